The Morgan fingerprint density at radius 3 is 2.47 bits per heavy atom. The summed E-state index contributed by atoms with van der Waals surface area (Å²) in [5, 5.41) is 16.5. The van der Waals surface area contributed by atoms with Crippen molar-refractivity contribution in [2.24, 2.45) is 0 Å². The molecule has 0 radical (unpaired) electrons. The van der Waals surface area contributed by atoms with Crippen molar-refractivity contribution < 1.29 is 23.4 Å². The molecule has 1 aliphatic heterocycles. The Morgan fingerprint density at radius 1 is 1.00 bits per heavy atom. The lowest BCUT2D eigenvalue weighted by molar-refractivity contribution is -0.177. The number of benzene rings is 1. The van der Waals surface area contributed by atoms with Gasteiger partial charge in [-0.25, -0.2) is 18.7 Å². The van der Waals surface area contributed by atoms with Crippen molar-refractivity contribution in [1.82, 2.24) is 19.5 Å². The predicted octanol–water partition coefficient (Wildman–Crippen LogP) is 4.42. The van der Waals surface area contributed by atoms with Crippen LogP contribution >= 0.6 is 0 Å². The number of nitrogens with zero attached hydrogens (tertiary/aromatic N) is 4. The highest BCUT2D eigenvalue weighted by Crippen LogP contribution is 2.38. The first-order valence-electron chi connectivity index (χ1n) is 12.7. The van der Waals surface area contributed by atoms with E-state index < -0.39 is 17.4 Å². The second-order valence-corrected chi connectivity index (χ2v) is 9.95. The van der Waals surface area contributed by atoms with E-state index in [0.29, 0.717) is 49.1 Å². The normalized spacial score (nSPS) is 24.4. The molecule has 36 heavy (non-hydrogen) atoms. The molecule has 3 fully saturated rings. The molecule has 9 nitrogen and oxygen atoms in total. The van der Waals surface area contributed by atoms with E-state index in [1.807, 2.05) is 4.57 Å². The predicted molar refractivity (Wildman–Crippen MR) is 129 cm³/mol. The van der Waals surface area contributed by atoms with E-state index in [1.54, 1.807) is 6.20 Å². The maximum absolute atomic E-state index is 14.4. The van der Waals surface area contributed by atoms with Crippen LogP contribution in [0.2, 0.25) is 0 Å². The fourth-order valence-electron chi connectivity index (χ4n) is 5.59. The topological polar surface area (TPSA) is 106 Å². The summed E-state index contributed by atoms with van der Waals surface area (Å²) in [6.07, 6.45) is 7.58. The molecular weight excluding hydrogens is 470 g/mol. The summed E-state index contributed by atoms with van der Waals surface area (Å²) in [5.74, 6) is -0.851. The Bertz CT molecular complexity index is 1230. The molecule has 2 aliphatic carbocycles. The van der Waals surface area contributed by atoms with Gasteiger partial charge in [-0.2, -0.15) is 4.98 Å². The Kier molecular flexibility index (Phi) is 6.22. The molecule has 3 N–H and O–H groups in total. The standard InChI is InChI=1S/C25H30F2N6O3/c26-15-1-6-20(19(27)13-15)30-24-31-21-14-28-23(29-16-7-9-25(10-8-16)35-11-12-36-25)32-22(21)33(24)17-2-4-18(34)5-3-17/h1,6,13-14,16-18,34H,2-5,7-12H2,(H,30,31)(H,28,29,32)/t17-,18+. The van der Waals surface area contributed by atoms with Gasteiger partial charge in [-0.05, 0) is 50.7 Å². The van der Waals surface area contributed by atoms with Crippen LogP contribution in [-0.4, -0.2) is 55.8 Å². The minimum absolute atomic E-state index is 0.0263. The smallest absolute Gasteiger partial charge is 0.224 e. The van der Waals surface area contributed by atoms with E-state index in [4.69, 9.17) is 14.5 Å². The molecule has 3 aromatic rings. The van der Waals surface area contributed by atoms with Crippen LogP contribution < -0.4 is 10.6 Å². The van der Waals surface area contributed by atoms with E-state index >= 15 is 0 Å². The number of fused-ring (bicyclic) bond motifs is 1. The number of hydrogen-bond donors (Lipinski definition) is 3. The molecule has 0 atom stereocenters. The first-order valence-corrected chi connectivity index (χ1v) is 12.7. The van der Waals surface area contributed by atoms with Crippen LogP contribution in [-0.2, 0) is 9.47 Å². The van der Waals surface area contributed by atoms with Crippen molar-refractivity contribution in [2.45, 2.75) is 75.3 Å². The molecule has 11 heteroatoms. The lowest BCUT2D eigenvalue weighted by Gasteiger charge is -2.35. The molecule has 0 bridgehead atoms. The first kappa shape index (κ1) is 23.5. The van der Waals surface area contributed by atoms with Gasteiger partial charge in [0.1, 0.15) is 17.2 Å². The first-order chi connectivity index (χ1) is 17.5. The highest BCUT2D eigenvalue weighted by Gasteiger charge is 2.40. The van der Waals surface area contributed by atoms with E-state index in [9.17, 15) is 13.9 Å². The van der Waals surface area contributed by atoms with Crippen LogP contribution in [0.25, 0.3) is 11.2 Å². The number of nitrogens with one attached hydrogen (secondary N) is 2. The van der Waals surface area contributed by atoms with E-state index in [0.717, 1.165) is 44.6 Å². The molecule has 1 spiro atoms. The van der Waals surface area contributed by atoms with Crippen LogP contribution in [0.15, 0.2) is 24.4 Å². The zero-order chi connectivity index (χ0) is 24.7. The summed E-state index contributed by atoms with van der Waals surface area (Å²) in [4.78, 5) is 13.9. The lowest BCUT2D eigenvalue weighted by atomic mass is 9.90. The summed E-state index contributed by atoms with van der Waals surface area (Å²) in [7, 11) is 0. The van der Waals surface area contributed by atoms with Crippen molar-refractivity contribution in [3.8, 4) is 0 Å². The molecule has 1 saturated heterocycles. The van der Waals surface area contributed by atoms with Gasteiger partial charge in [-0.3, -0.25) is 4.57 Å². The molecule has 2 saturated carbocycles. The number of anilines is 3. The van der Waals surface area contributed by atoms with Gasteiger partial charge in [0, 0.05) is 31.0 Å². The average Bonchev–Trinajstić information content (AvgIpc) is 3.47. The van der Waals surface area contributed by atoms with Crippen molar-refractivity contribution >= 4 is 28.7 Å². The molecule has 0 unspecified atom stereocenters. The Balaban J connectivity index is 1.28. The van der Waals surface area contributed by atoms with Crippen molar-refractivity contribution in [3.63, 3.8) is 0 Å². The van der Waals surface area contributed by atoms with Crippen LogP contribution in [0.3, 0.4) is 0 Å². The molecule has 1 aromatic carbocycles. The van der Waals surface area contributed by atoms with Crippen molar-refractivity contribution in [1.29, 1.82) is 0 Å². The number of aromatic nitrogens is 4. The van der Waals surface area contributed by atoms with Crippen molar-refractivity contribution in [3.05, 3.63) is 36.0 Å². The number of halogens is 2. The summed E-state index contributed by atoms with van der Waals surface area (Å²) < 4.78 is 41.5. The summed E-state index contributed by atoms with van der Waals surface area (Å²) >= 11 is 0. The zero-order valence-electron chi connectivity index (χ0n) is 19.9. The van der Waals surface area contributed by atoms with Gasteiger partial charge >= 0.3 is 0 Å². The number of rotatable bonds is 5. The molecule has 3 aliphatic rings. The van der Waals surface area contributed by atoms with Gasteiger partial charge in [0.05, 0.1) is 31.2 Å². The lowest BCUT2D eigenvalue weighted by Crippen LogP contribution is -2.39. The number of aliphatic hydroxyl groups is 1. The van der Waals surface area contributed by atoms with Gasteiger partial charge in [-0.15, -0.1) is 0 Å². The molecule has 0 amide bonds. The third-order valence-electron chi connectivity index (χ3n) is 7.54. The zero-order valence-corrected chi connectivity index (χ0v) is 19.9. The molecule has 2 aromatic heterocycles. The van der Waals surface area contributed by atoms with E-state index in [2.05, 4.69) is 20.6 Å². The van der Waals surface area contributed by atoms with Gasteiger partial charge in [0.2, 0.25) is 11.9 Å². The Hall–Kier alpha value is -2.89. The van der Waals surface area contributed by atoms with Crippen LogP contribution in [0.5, 0.6) is 0 Å². The van der Waals surface area contributed by atoms with Gasteiger partial charge in [0.15, 0.2) is 11.4 Å². The third kappa shape index (κ3) is 4.62. The largest absolute Gasteiger partial charge is 0.393 e. The van der Waals surface area contributed by atoms with Gasteiger partial charge < -0.3 is 25.2 Å². The number of aliphatic hydroxyl groups excluding tert-OH is 1. The van der Waals surface area contributed by atoms with Crippen LogP contribution in [0.1, 0.15) is 57.4 Å². The summed E-state index contributed by atoms with van der Waals surface area (Å²) in [6.45, 7) is 1.30. The Labute approximate surface area is 207 Å². The van der Waals surface area contributed by atoms with Gasteiger partial charge in [-0.1, -0.05) is 0 Å². The fourth-order valence-corrected chi connectivity index (χ4v) is 5.59. The summed E-state index contributed by atoms with van der Waals surface area (Å²) in [5.41, 5.74) is 1.34. The number of ether oxygens (including phenoxy) is 2. The van der Waals surface area contributed by atoms with E-state index in [-0.39, 0.29) is 23.9 Å². The number of hydrogen-bond acceptors (Lipinski definition) is 8. The average molecular weight is 501 g/mol. The molecule has 3 heterocycles. The highest BCUT2D eigenvalue weighted by atomic mass is 19.1. The third-order valence-corrected chi connectivity index (χ3v) is 7.54. The van der Waals surface area contributed by atoms with Crippen LogP contribution in [0, 0.1) is 11.6 Å². The maximum atomic E-state index is 14.4. The molecule has 192 valence electrons. The second kappa shape index (κ2) is 9.53. The van der Waals surface area contributed by atoms with E-state index in [1.165, 1.54) is 12.1 Å². The molecule has 6 rings (SSSR count). The van der Waals surface area contributed by atoms with Crippen LogP contribution in [0.4, 0.5) is 26.4 Å². The number of imidazole rings is 1. The summed E-state index contributed by atoms with van der Waals surface area (Å²) in [6, 6.07) is 3.62. The second-order valence-electron chi connectivity index (χ2n) is 9.95. The SMILES string of the molecule is O[C@H]1CC[C@@H](n2c(Nc3ccc(F)cc3F)nc3cnc(NC4CCC5(CC4)OCCO5)nc32)CC1. The maximum Gasteiger partial charge on any atom is 0.224 e. The minimum Gasteiger partial charge on any atom is -0.393 e. The van der Waals surface area contributed by atoms with Gasteiger partial charge in [0.25, 0.3) is 0 Å². The molecular formula is C25H30F2N6O3. The minimum atomic E-state index is -0.702. The Morgan fingerprint density at radius 2 is 1.75 bits per heavy atom. The highest BCUT2D eigenvalue weighted by molar-refractivity contribution is 5.76. The van der Waals surface area contributed by atoms with Crippen molar-refractivity contribution in [2.75, 3.05) is 23.8 Å². The quantitative estimate of drug-likeness (QED) is 0.473. The fraction of sp³-hybridized carbons (Fsp3) is 0.560. The monoisotopic (exact) mass is 500 g/mol.